The van der Waals surface area contributed by atoms with Crippen LogP contribution in [0.4, 0.5) is 0 Å². The third-order valence-corrected chi connectivity index (χ3v) is 3.33. The second kappa shape index (κ2) is 7.29. The van der Waals surface area contributed by atoms with E-state index in [-0.39, 0.29) is 12.7 Å². The van der Waals surface area contributed by atoms with E-state index >= 15 is 0 Å². The lowest BCUT2D eigenvalue weighted by Crippen LogP contribution is -2.19. The number of ether oxygens (including phenoxy) is 1. The molecule has 0 radical (unpaired) electrons. The summed E-state index contributed by atoms with van der Waals surface area (Å²) in [6.07, 6.45) is 0.334. The first kappa shape index (κ1) is 14.9. The summed E-state index contributed by atoms with van der Waals surface area (Å²) in [6.45, 7) is 0.462. The number of benzene rings is 2. The highest BCUT2D eigenvalue weighted by molar-refractivity contribution is 6.30. The number of hydrogen-bond acceptors (Lipinski definition) is 3. The van der Waals surface area contributed by atoms with Crippen LogP contribution in [0.5, 0.6) is 5.75 Å². The van der Waals surface area contributed by atoms with Gasteiger partial charge >= 0.3 is 0 Å². The van der Waals surface area contributed by atoms with Crippen molar-refractivity contribution < 1.29 is 9.84 Å². The Hall–Kier alpha value is -1.55. The fourth-order valence-electron chi connectivity index (χ4n) is 2.03. The summed E-state index contributed by atoms with van der Waals surface area (Å²) >= 11 is 5.89. The Balaban J connectivity index is 2.20. The molecule has 0 bridgehead atoms. The lowest BCUT2D eigenvalue weighted by atomic mass is 10.1. The SMILES string of the molecule is NCC(Oc1ccccc1CCO)c1ccc(Cl)cc1. The van der Waals surface area contributed by atoms with Gasteiger partial charge in [0.05, 0.1) is 0 Å². The zero-order valence-corrected chi connectivity index (χ0v) is 11.9. The van der Waals surface area contributed by atoms with Crippen LogP contribution in [0.3, 0.4) is 0 Å². The highest BCUT2D eigenvalue weighted by Gasteiger charge is 2.13. The first-order valence-corrected chi connectivity index (χ1v) is 6.93. The number of nitrogens with two attached hydrogens (primary N) is 1. The van der Waals surface area contributed by atoms with Gasteiger partial charge in [-0.25, -0.2) is 0 Å². The van der Waals surface area contributed by atoms with Crippen LogP contribution in [0.1, 0.15) is 17.2 Å². The molecule has 0 aliphatic rings. The standard InChI is InChI=1S/C16H18ClNO2/c17-14-7-5-13(6-8-14)16(11-18)20-15-4-2-1-3-12(15)9-10-19/h1-8,16,19H,9-11,18H2. The normalized spacial score (nSPS) is 12.2. The lowest BCUT2D eigenvalue weighted by Gasteiger charge is -2.20. The van der Waals surface area contributed by atoms with Crippen molar-refractivity contribution in [3.05, 3.63) is 64.7 Å². The van der Waals surface area contributed by atoms with Gasteiger partial charge in [-0.2, -0.15) is 0 Å². The van der Waals surface area contributed by atoms with Crippen LogP contribution < -0.4 is 10.5 Å². The maximum absolute atomic E-state index is 9.09. The van der Waals surface area contributed by atoms with E-state index in [1.807, 2.05) is 48.5 Å². The fourth-order valence-corrected chi connectivity index (χ4v) is 2.15. The molecule has 0 amide bonds. The van der Waals surface area contributed by atoms with Gasteiger partial charge in [0.2, 0.25) is 0 Å². The summed E-state index contributed by atoms with van der Waals surface area (Å²) < 4.78 is 5.99. The molecule has 0 saturated heterocycles. The first-order chi connectivity index (χ1) is 9.74. The van der Waals surface area contributed by atoms with E-state index in [2.05, 4.69) is 0 Å². The van der Waals surface area contributed by atoms with Gasteiger partial charge in [0, 0.05) is 18.2 Å². The predicted molar refractivity (Wildman–Crippen MR) is 81.1 cm³/mol. The molecule has 2 aromatic rings. The predicted octanol–water partition coefficient (Wildman–Crippen LogP) is 2.95. The van der Waals surface area contributed by atoms with Crippen LogP contribution in [-0.2, 0) is 6.42 Å². The molecule has 20 heavy (non-hydrogen) atoms. The highest BCUT2D eigenvalue weighted by Crippen LogP contribution is 2.26. The van der Waals surface area contributed by atoms with Crippen molar-refractivity contribution in [2.24, 2.45) is 5.73 Å². The maximum Gasteiger partial charge on any atom is 0.136 e. The molecule has 2 rings (SSSR count). The Morgan fingerprint density at radius 2 is 1.80 bits per heavy atom. The number of halogens is 1. The molecule has 2 aromatic carbocycles. The Morgan fingerprint density at radius 1 is 1.10 bits per heavy atom. The molecule has 0 aromatic heterocycles. The van der Waals surface area contributed by atoms with Crippen molar-refractivity contribution in [1.82, 2.24) is 0 Å². The summed E-state index contributed by atoms with van der Waals surface area (Å²) in [5, 5.41) is 9.77. The largest absolute Gasteiger partial charge is 0.484 e. The third-order valence-electron chi connectivity index (χ3n) is 3.08. The molecule has 0 heterocycles. The Labute approximate surface area is 123 Å². The van der Waals surface area contributed by atoms with E-state index in [0.29, 0.717) is 18.0 Å². The summed E-state index contributed by atoms with van der Waals surface area (Å²) in [7, 11) is 0. The summed E-state index contributed by atoms with van der Waals surface area (Å²) in [6, 6.07) is 15.1. The van der Waals surface area contributed by atoms with E-state index in [9.17, 15) is 0 Å². The Morgan fingerprint density at radius 3 is 2.45 bits per heavy atom. The van der Waals surface area contributed by atoms with Crippen LogP contribution >= 0.6 is 11.6 Å². The smallest absolute Gasteiger partial charge is 0.136 e. The van der Waals surface area contributed by atoms with E-state index in [4.69, 9.17) is 27.2 Å². The number of aliphatic hydroxyl groups excluding tert-OH is 1. The molecule has 0 spiro atoms. The molecule has 0 saturated carbocycles. The summed E-state index contributed by atoms with van der Waals surface area (Å²) in [5.74, 6) is 0.756. The van der Waals surface area contributed by atoms with Gasteiger partial charge in [-0.1, -0.05) is 41.9 Å². The zero-order chi connectivity index (χ0) is 14.4. The molecule has 0 fully saturated rings. The number of para-hydroxylation sites is 1. The molecule has 106 valence electrons. The molecular formula is C16H18ClNO2. The van der Waals surface area contributed by atoms with Crippen molar-refractivity contribution in [1.29, 1.82) is 0 Å². The van der Waals surface area contributed by atoms with Crippen molar-refractivity contribution in [2.75, 3.05) is 13.2 Å². The van der Waals surface area contributed by atoms with Crippen molar-refractivity contribution >= 4 is 11.6 Å². The van der Waals surface area contributed by atoms with E-state index < -0.39 is 0 Å². The zero-order valence-electron chi connectivity index (χ0n) is 11.1. The molecule has 3 nitrogen and oxygen atoms in total. The van der Waals surface area contributed by atoms with Crippen LogP contribution in [0.25, 0.3) is 0 Å². The highest BCUT2D eigenvalue weighted by atomic mass is 35.5. The van der Waals surface area contributed by atoms with Gasteiger partial charge in [0.15, 0.2) is 0 Å². The summed E-state index contributed by atoms with van der Waals surface area (Å²) in [4.78, 5) is 0. The number of aliphatic hydroxyl groups is 1. The lowest BCUT2D eigenvalue weighted by molar-refractivity contribution is 0.210. The van der Waals surface area contributed by atoms with Crippen LogP contribution in [-0.4, -0.2) is 18.3 Å². The third kappa shape index (κ3) is 3.73. The second-order valence-corrected chi connectivity index (χ2v) is 4.91. The van der Waals surface area contributed by atoms with Crippen LogP contribution in [0, 0.1) is 0 Å². The average Bonchev–Trinajstić information content (AvgIpc) is 2.48. The molecule has 0 aliphatic heterocycles. The molecule has 1 unspecified atom stereocenters. The van der Waals surface area contributed by atoms with E-state index in [1.165, 1.54) is 0 Å². The first-order valence-electron chi connectivity index (χ1n) is 6.55. The van der Waals surface area contributed by atoms with Crippen molar-refractivity contribution in [3.8, 4) is 5.75 Å². The quantitative estimate of drug-likeness (QED) is 0.860. The van der Waals surface area contributed by atoms with Crippen LogP contribution in [0.2, 0.25) is 5.02 Å². The molecule has 4 heteroatoms. The molecule has 0 aliphatic carbocycles. The Kier molecular flexibility index (Phi) is 5.41. The molecular weight excluding hydrogens is 274 g/mol. The topological polar surface area (TPSA) is 55.5 Å². The van der Waals surface area contributed by atoms with Gasteiger partial charge in [-0.3, -0.25) is 0 Å². The minimum Gasteiger partial charge on any atom is -0.484 e. The van der Waals surface area contributed by atoms with Gasteiger partial charge in [0.1, 0.15) is 11.9 Å². The van der Waals surface area contributed by atoms with Gasteiger partial charge in [-0.05, 0) is 35.7 Å². The van der Waals surface area contributed by atoms with Gasteiger partial charge < -0.3 is 15.6 Å². The number of rotatable bonds is 6. The molecule has 1 atom stereocenters. The fraction of sp³-hybridized carbons (Fsp3) is 0.250. The van der Waals surface area contributed by atoms with Gasteiger partial charge in [0.25, 0.3) is 0 Å². The number of hydrogen-bond donors (Lipinski definition) is 2. The van der Waals surface area contributed by atoms with Gasteiger partial charge in [-0.15, -0.1) is 0 Å². The monoisotopic (exact) mass is 291 g/mol. The second-order valence-electron chi connectivity index (χ2n) is 4.48. The maximum atomic E-state index is 9.09. The minimum atomic E-state index is -0.230. The molecule has 3 N–H and O–H groups in total. The van der Waals surface area contributed by atoms with E-state index in [0.717, 1.165) is 16.9 Å². The Bertz CT molecular complexity index is 542. The van der Waals surface area contributed by atoms with Crippen molar-refractivity contribution in [3.63, 3.8) is 0 Å². The van der Waals surface area contributed by atoms with Crippen molar-refractivity contribution in [2.45, 2.75) is 12.5 Å². The summed E-state index contributed by atoms with van der Waals surface area (Å²) in [5.41, 5.74) is 7.76. The minimum absolute atomic E-state index is 0.0919. The van der Waals surface area contributed by atoms with Crippen LogP contribution in [0.15, 0.2) is 48.5 Å². The average molecular weight is 292 g/mol. The van der Waals surface area contributed by atoms with E-state index in [1.54, 1.807) is 0 Å².